The zero-order valence-corrected chi connectivity index (χ0v) is 16.3. The molecule has 0 aliphatic rings. The van der Waals surface area contributed by atoms with Gasteiger partial charge in [0.1, 0.15) is 0 Å². The van der Waals surface area contributed by atoms with E-state index in [4.69, 9.17) is 0 Å². The molecule has 0 saturated carbocycles. The van der Waals surface area contributed by atoms with Crippen LogP contribution in [-0.4, -0.2) is 15.7 Å². The van der Waals surface area contributed by atoms with Gasteiger partial charge in [-0.3, -0.25) is 9.59 Å². The van der Waals surface area contributed by atoms with E-state index in [9.17, 15) is 9.59 Å². The summed E-state index contributed by atoms with van der Waals surface area (Å²) in [7, 11) is 0. The summed E-state index contributed by atoms with van der Waals surface area (Å²) >= 11 is 0. The molecule has 0 saturated heterocycles. The van der Waals surface area contributed by atoms with Gasteiger partial charge < -0.3 is 5.32 Å². The summed E-state index contributed by atoms with van der Waals surface area (Å²) < 4.78 is 1.29. The van der Waals surface area contributed by atoms with E-state index >= 15 is 0 Å². The van der Waals surface area contributed by atoms with Gasteiger partial charge in [-0.25, -0.2) is 0 Å². The number of benzene rings is 3. The molecule has 0 spiro atoms. The van der Waals surface area contributed by atoms with E-state index in [-0.39, 0.29) is 23.2 Å². The van der Waals surface area contributed by atoms with Crippen LogP contribution in [0.1, 0.15) is 34.6 Å². The first-order valence-corrected chi connectivity index (χ1v) is 9.49. The molecule has 5 heteroatoms. The molecule has 5 nitrogen and oxygen atoms in total. The lowest BCUT2D eigenvalue weighted by atomic mass is 10.1. The third-order valence-corrected chi connectivity index (χ3v) is 4.95. The van der Waals surface area contributed by atoms with Crippen LogP contribution in [0.15, 0.2) is 83.7 Å². The number of aromatic nitrogens is 2. The fraction of sp³-hybridized carbons (Fsp3) is 0.125. The summed E-state index contributed by atoms with van der Waals surface area (Å²) in [4.78, 5) is 26.1. The molecule has 1 unspecified atom stereocenters. The van der Waals surface area contributed by atoms with Gasteiger partial charge in [0.2, 0.25) is 0 Å². The number of carbonyl (C=O) groups is 1. The summed E-state index contributed by atoms with van der Waals surface area (Å²) in [6.07, 6.45) is 0. The Hall–Kier alpha value is -3.73. The Kier molecular flexibility index (Phi) is 4.96. The van der Waals surface area contributed by atoms with Crippen molar-refractivity contribution in [1.82, 2.24) is 15.1 Å². The van der Waals surface area contributed by atoms with Crippen molar-refractivity contribution in [2.75, 3.05) is 0 Å². The smallest absolute Gasteiger partial charge is 0.279 e. The van der Waals surface area contributed by atoms with Gasteiger partial charge in [-0.2, -0.15) is 9.78 Å². The highest BCUT2D eigenvalue weighted by atomic mass is 16.2. The second-order valence-corrected chi connectivity index (χ2v) is 7.05. The SMILES string of the molecule is Cc1ccc(C(C)NC(=O)c2nn(-c3ccccc3)c(=O)c3ccccc23)cc1. The maximum absolute atomic E-state index is 13.1. The standard InChI is InChI=1S/C24H21N3O2/c1-16-12-14-18(15-13-16)17(2)25-23(28)22-20-10-6-7-11-21(20)24(29)27(26-22)19-8-4-3-5-9-19/h3-15,17H,1-2H3,(H,25,28). The quantitative estimate of drug-likeness (QED) is 0.575. The molecule has 0 radical (unpaired) electrons. The van der Waals surface area contributed by atoms with Crippen LogP contribution in [0.5, 0.6) is 0 Å². The van der Waals surface area contributed by atoms with Gasteiger partial charge in [-0.15, -0.1) is 0 Å². The van der Waals surface area contributed by atoms with Gasteiger partial charge in [0.05, 0.1) is 17.1 Å². The van der Waals surface area contributed by atoms with E-state index in [1.165, 1.54) is 4.68 Å². The van der Waals surface area contributed by atoms with Crippen LogP contribution >= 0.6 is 0 Å². The first-order chi connectivity index (χ1) is 14.0. The number of nitrogens with one attached hydrogen (secondary N) is 1. The fourth-order valence-electron chi connectivity index (χ4n) is 3.30. The van der Waals surface area contributed by atoms with E-state index in [1.54, 1.807) is 36.4 Å². The molecule has 4 rings (SSSR count). The van der Waals surface area contributed by atoms with E-state index in [0.29, 0.717) is 16.5 Å². The molecule has 144 valence electrons. The number of hydrogen-bond donors (Lipinski definition) is 1. The number of para-hydroxylation sites is 1. The summed E-state index contributed by atoms with van der Waals surface area (Å²) in [5, 5.41) is 8.43. The second kappa shape index (κ2) is 7.72. The topological polar surface area (TPSA) is 64.0 Å². The van der Waals surface area contributed by atoms with Crippen molar-refractivity contribution in [3.05, 3.63) is 106 Å². The lowest BCUT2D eigenvalue weighted by molar-refractivity contribution is 0.0935. The molecule has 3 aromatic carbocycles. The first-order valence-electron chi connectivity index (χ1n) is 9.49. The highest BCUT2D eigenvalue weighted by Gasteiger charge is 2.19. The lowest BCUT2D eigenvalue weighted by Gasteiger charge is -2.16. The number of nitrogens with zero attached hydrogens (tertiary/aromatic N) is 2. The monoisotopic (exact) mass is 383 g/mol. The van der Waals surface area contributed by atoms with Crippen molar-refractivity contribution in [3.63, 3.8) is 0 Å². The van der Waals surface area contributed by atoms with Crippen LogP contribution in [0.4, 0.5) is 0 Å². The fourth-order valence-corrected chi connectivity index (χ4v) is 3.30. The summed E-state index contributed by atoms with van der Waals surface area (Å²) in [5.41, 5.74) is 2.75. The number of hydrogen-bond acceptors (Lipinski definition) is 3. The Morgan fingerprint density at radius 1 is 0.897 bits per heavy atom. The minimum Gasteiger partial charge on any atom is -0.344 e. The van der Waals surface area contributed by atoms with Crippen LogP contribution in [0.2, 0.25) is 0 Å². The minimum atomic E-state index is -0.320. The maximum Gasteiger partial charge on any atom is 0.279 e. The number of rotatable bonds is 4. The van der Waals surface area contributed by atoms with Crippen LogP contribution < -0.4 is 10.9 Å². The summed E-state index contributed by atoms with van der Waals surface area (Å²) in [6, 6.07) is 24.0. The molecule has 29 heavy (non-hydrogen) atoms. The van der Waals surface area contributed by atoms with E-state index in [1.807, 2.05) is 56.3 Å². The van der Waals surface area contributed by atoms with Gasteiger partial charge in [-0.05, 0) is 37.6 Å². The normalized spacial score (nSPS) is 11.9. The van der Waals surface area contributed by atoms with Crippen molar-refractivity contribution in [2.24, 2.45) is 0 Å². The van der Waals surface area contributed by atoms with Crippen molar-refractivity contribution < 1.29 is 4.79 Å². The number of carbonyl (C=O) groups excluding carboxylic acids is 1. The molecule has 1 N–H and O–H groups in total. The van der Waals surface area contributed by atoms with Crippen molar-refractivity contribution in [3.8, 4) is 5.69 Å². The van der Waals surface area contributed by atoms with Crippen molar-refractivity contribution in [1.29, 1.82) is 0 Å². The molecule has 1 atom stereocenters. The predicted molar refractivity (Wildman–Crippen MR) is 114 cm³/mol. The molecule has 4 aromatic rings. The Morgan fingerprint density at radius 2 is 1.52 bits per heavy atom. The van der Waals surface area contributed by atoms with Crippen molar-refractivity contribution in [2.45, 2.75) is 19.9 Å². The third-order valence-electron chi connectivity index (χ3n) is 4.95. The van der Waals surface area contributed by atoms with E-state index in [2.05, 4.69) is 10.4 Å². The molecule has 0 aliphatic carbocycles. The molecule has 1 heterocycles. The largest absolute Gasteiger partial charge is 0.344 e. The average molecular weight is 383 g/mol. The number of amides is 1. The number of fused-ring (bicyclic) bond motifs is 1. The van der Waals surface area contributed by atoms with E-state index < -0.39 is 0 Å². The second-order valence-electron chi connectivity index (χ2n) is 7.05. The van der Waals surface area contributed by atoms with Gasteiger partial charge in [0.15, 0.2) is 5.69 Å². The zero-order valence-electron chi connectivity index (χ0n) is 16.3. The van der Waals surface area contributed by atoms with Gasteiger partial charge in [0, 0.05) is 5.39 Å². The van der Waals surface area contributed by atoms with Crippen LogP contribution in [0, 0.1) is 6.92 Å². The molecular weight excluding hydrogens is 362 g/mol. The molecule has 1 amide bonds. The van der Waals surface area contributed by atoms with Crippen molar-refractivity contribution >= 4 is 16.7 Å². The van der Waals surface area contributed by atoms with Gasteiger partial charge in [0.25, 0.3) is 11.5 Å². The maximum atomic E-state index is 13.1. The zero-order chi connectivity index (χ0) is 20.4. The molecule has 1 aromatic heterocycles. The molecule has 0 bridgehead atoms. The van der Waals surface area contributed by atoms with Gasteiger partial charge >= 0.3 is 0 Å². The Morgan fingerprint density at radius 3 is 2.21 bits per heavy atom. The minimum absolute atomic E-state index is 0.194. The summed E-state index contributed by atoms with van der Waals surface area (Å²) in [6.45, 7) is 3.95. The predicted octanol–water partition coefficient (Wildman–Crippen LogP) is 4.19. The van der Waals surface area contributed by atoms with E-state index in [0.717, 1.165) is 11.1 Å². The molecule has 0 fully saturated rings. The highest BCUT2D eigenvalue weighted by molar-refractivity contribution is 6.05. The Bertz CT molecular complexity index is 1230. The van der Waals surface area contributed by atoms with Crippen LogP contribution in [0.25, 0.3) is 16.5 Å². The van der Waals surface area contributed by atoms with Crippen LogP contribution in [0.3, 0.4) is 0 Å². The Labute approximate surface area is 168 Å². The third kappa shape index (κ3) is 3.67. The Balaban J connectivity index is 1.78. The summed E-state index contributed by atoms with van der Waals surface area (Å²) in [5.74, 6) is -0.320. The highest BCUT2D eigenvalue weighted by Crippen LogP contribution is 2.18. The lowest BCUT2D eigenvalue weighted by Crippen LogP contribution is -2.31. The average Bonchev–Trinajstić information content (AvgIpc) is 2.75. The van der Waals surface area contributed by atoms with Gasteiger partial charge in [-0.1, -0.05) is 66.2 Å². The molecular formula is C24H21N3O2. The molecule has 0 aliphatic heterocycles. The number of aryl methyl sites for hydroxylation is 1. The first kappa shape index (κ1) is 18.6. The van der Waals surface area contributed by atoms with Crippen LogP contribution in [-0.2, 0) is 0 Å².